The number of allylic oxidation sites excluding steroid dienone is 1. The van der Waals surface area contributed by atoms with Crippen LogP contribution in [0.25, 0.3) is 6.08 Å². The minimum atomic E-state index is -0.457. The van der Waals surface area contributed by atoms with Gasteiger partial charge in [0.05, 0.1) is 21.3 Å². The van der Waals surface area contributed by atoms with E-state index in [1.54, 1.807) is 35.2 Å². The molecule has 7 heteroatoms. The number of ether oxygens (including phenoxy) is 4. The number of hydrogen-bond acceptors (Lipinski definition) is 6. The molecule has 0 atom stereocenters. The van der Waals surface area contributed by atoms with Gasteiger partial charge >= 0.3 is 41.5 Å². The number of benzene rings is 1. The second kappa shape index (κ2) is 14.8. The van der Waals surface area contributed by atoms with Gasteiger partial charge in [-0.3, -0.25) is 9.59 Å². The van der Waals surface area contributed by atoms with Crippen molar-refractivity contribution in [2.75, 3.05) is 21.3 Å². The van der Waals surface area contributed by atoms with Crippen LogP contribution in [-0.2, 0) is 14.3 Å². The standard InChI is InChI=1S/C12H16O3.C6H10O3.Na.H/c1-5-6-9-7-11(14-3)12(15-4)8-10(9)13-2;1-3-5(7)9-6(8)4-2;;/h5-8H,1-4H3;3-4H2,1-2H3;;. The summed E-state index contributed by atoms with van der Waals surface area (Å²) >= 11 is 0. The Kier molecular flexibility index (Phi) is 15.2. The zero-order valence-electron chi connectivity index (χ0n) is 15.2. The molecule has 0 radical (unpaired) electrons. The van der Waals surface area contributed by atoms with E-state index in [4.69, 9.17) is 14.2 Å². The quantitative estimate of drug-likeness (QED) is 0.440. The molecule has 1 aromatic rings. The Balaban J connectivity index is 0. The molecule has 0 aromatic heterocycles. The van der Waals surface area contributed by atoms with Gasteiger partial charge in [-0.1, -0.05) is 26.0 Å². The van der Waals surface area contributed by atoms with Gasteiger partial charge in [0, 0.05) is 24.5 Å². The van der Waals surface area contributed by atoms with E-state index in [0.717, 1.165) is 11.3 Å². The molecule has 0 spiro atoms. The maximum absolute atomic E-state index is 10.3. The molecule has 0 saturated heterocycles. The molecule has 0 saturated carbocycles. The van der Waals surface area contributed by atoms with Gasteiger partial charge in [0.15, 0.2) is 11.5 Å². The molecule has 0 aliphatic heterocycles. The second-order valence-electron chi connectivity index (χ2n) is 4.50. The Labute approximate surface area is 171 Å². The third kappa shape index (κ3) is 9.53. The van der Waals surface area contributed by atoms with Gasteiger partial charge in [-0.05, 0) is 13.0 Å². The topological polar surface area (TPSA) is 71.1 Å². The first-order chi connectivity index (χ1) is 11.5. The summed E-state index contributed by atoms with van der Waals surface area (Å²) in [5, 5.41) is 0. The van der Waals surface area contributed by atoms with E-state index in [1.165, 1.54) is 0 Å². The van der Waals surface area contributed by atoms with E-state index in [0.29, 0.717) is 11.5 Å². The van der Waals surface area contributed by atoms with E-state index in [9.17, 15) is 9.59 Å². The van der Waals surface area contributed by atoms with Crippen LogP contribution in [0.3, 0.4) is 0 Å². The number of esters is 2. The Hall–Kier alpha value is -1.50. The Morgan fingerprint density at radius 2 is 1.32 bits per heavy atom. The maximum atomic E-state index is 10.3. The van der Waals surface area contributed by atoms with Crippen LogP contribution < -0.4 is 14.2 Å². The Morgan fingerprint density at radius 3 is 1.68 bits per heavy atom. The second-order valence-corrected chi connectivity index (χ2v) is 4.50. The molecule has 136 valence electrons. The van der Waals surface area contributed by atoms with Crippen molar-refractivity contribution in [2.45, 2.75) is 33.6 Å². The summed E-state index contributed by atoms with van der Waals surface area (Å²) in [4.78, 5) is 20.7. The van der Waals surface area contributed by atoms with Crippen molar-refractivity contribution >= 4 is 47.6 Å². The predicted octanol–water partition coefficient (Wildman–Crippen LogP) is 2.97. The van der Waals surface area contributed by atoms with Crippen LogP contribution in [-0.4, -0.2) is 62.8 Å². The molecule has 0 N–H and O–H groups in total. The van der Waals surface area contributed by atoms with Crippen molar-refractivity contribution < 1.29 is 28.5 Å². The van der Waals surface area contributed by atoms with Crippen LogP contribution in [0.4, 0.5) is 0 Å². The van der Waals surface area contributed by atoms with Gasteiger partial charge in [-0.25, -0.2) is 0 Å². The van der Waals surface area contributed by atoms with Gasteiger partial charge in [-0.2, -0.15) is 0 Å². The fraction of sp³-hybridized carbons (Fsp3) is 0.444. The molecular formula is C18H27NaO6. The zero-order valence-corrected chi connectivity index (χ0v) is 15.2. The summed E-state index contributed by atoms with van der Waals surface area (Å²) in [7, 11) is 4.85. The third-order valence-electron chi connectivity index (χ3n) is 2.89. The summed E-state index contributed by atoms with van der Waals surface area (Å²) in [5.74, 6) is 1.23. The van der Waals surface area contributed by atoms with Crippen molar-refractivity contribution in [3.05, 3.63) is 23.8 Å². The first kappa shape index (κ1) is 25.7. The summed E-state index contributed by atoms with van der Waals surface area (Å²) in [5.41, 5.74) is 0.970. The monoisotopic (exact) mass is 362 g/mol. The number of carbonyl (C=O) groups is 2. The van der Waals surface area contributed by atoms with Crippen molar-refractivity contribution in [1.29, 1.82) is 0 Å². The molecule has 0 unspecified atom stereocenters. The summed E-state index contributed by atoms with van der Waals surface area (Å²) in [6, 6.07) is 3.70. The number of rotatable bonds is 6. The van der Waals surface area contributed by atoms with Gasteiger partial charge in [0.25, 0.3) is 0 Å². The van der Waals surface area contributed by atoms with Crippen LogP contribution in [0.5, 0.6) is 17.2 Å². The van der Waals surface area contributed by atoms with Crippen molar-refractivity contribution in [2.24, 2.45) is 0 Å². The van der Waals surface area contributed by atoms with Gasteiger partial charge in [0.1, 0.15) is 5.75 Å². The zero-order chi connectivity index (χ0) is 18.5. The molecule has 0 amide bonds. The molecule has 0 aliphatic rings. The number of hydrogen-bond donors (Lipinski definition) is 0. The average molecular weight is 362 g/mol. The molecular weight excluding hydrogens is 335 g/mol. The molecule has 1 rings (SSSR count). The van der Waals surface area contributed by atoms with Crippen molar-refractivity contribution in [3.63, 3.8) is 0 Å². The normalized spacial score (nSPS) is 9.36. The SMILES string of the molecule is CC=Cc1cc(OC)c(OC)cc1OC.CCC(=O)OC(=O)CC.[NaH]. The minimum absolute atomic E-state index is 0. The molecule has 0 bridgehead atoms. The van der Waals surface area contributed by atoms with E-state index in [-0.39, 0.29) is 42.4 Å². The Morgan fingerprint density at radius 1 is 0.880 bits per heavy atom. The van der Waals surface area contributed by atoms with Gasteiger partial charge < -0.3 is 18.9 Å². The molecule has 0 fully saturated rings. The summed E-state index contributed by atoms with van der Waals surface area (Å²) in [6.45, 7) is 5.24. The summed E-state index contributed by atoms with van der Waals surface area (Å²) < 4.78 is 19.9. The molecule has 25 heavy (non-hydrogen) atoms. The van der Waals surface area contributed by atoms with Crippen molar-refractivity contribution in [1.82, 2.24) is 0 Å². The fourth-order valence-corrected chi connectivity index (χ4v) is 1.63. The average Bonchev–Trinajstić information content (AvgIpc) is 2.61. The third-order valence-corrected chi connectivity index (χ3v) is 2.89. The van der Waals surface area contributed by atoms with E-state index < -0.39 is 11.9 Å². The van der Waals surface area contributed by atoms with Crippen LogP contribution in [0.15, 0.2) is 18.2 Å². The van der Waals surface area contributed by atoms with Crippen LogP contribution in [0.1, 0.15) is 39.2 Å². The van der Waals surface area contributed by atoms with E-state index >= 15 is 0 Å². The molecule has 0 heterocycles. The number of methoxy groups -OCH3 is 3. The summed E-state index contributed by atoms with van der Waals surface area (Å²) in [6.07, 6.45) is 4.42. The molecule has 6 nitrogen and oxygen atoms in total. The first-order valence-corrected chi connectivity index (χ1v) is 7.63. The first-order valence-electron chi connectivity index (χ1n) is 7.63. The van der Waals surface area contributed by atoms with Crippen LogP contribution >= 0.6 is 0 Å². The predicted molar refractivity (Wildman–Crippen MR) is 99.6 cm³/mol. The van der Waals surface area contributed by atoms with Crippen LogP contribution in [0.2, 0.25) is 0 Å². The fourth-order valence-electron chi connectivity index (χ4n) is 1.63. The van der Waals surface area contributed by atoms with E-state index in [2.05, 4.69) is 4.74 Å². The van der Waals surface area contributed by atoms with Gasteiger partial charge in [0.2, 0.25) is 0 Å². The van der Waals surface area contributed by atoms with Crippen LogP contribution in [0, 0.1) is 0 Å². The molecule has 1 aromatic carbocycles. The Bertz CT molecular complexity index is 555. The molecule has 0 aliphatic carbocycles. The van der Waals surface area contributed by atoms with Crippen molar-refractivity contribution in [3.8, 4) is 17.2 Å². The van der Waals surface area contributed by atoms with E-state index in [1.807, 2.05) is 31.2 Å². The van der Waals surface area contributed by atoms with Gasteiger partial charge in [-0.15, -0.1) is 0 Å². The number of carbonyl (C=O) groups excluding carboxylic acids is 2.